The molecule has 0 bridgehead atoms. The van der Waals surface area contributed by atoms with E-state index in [1.165, 1.54) is 0 Å². The van der Waals surface area contributed by atoms with Crippen LogP contribution in [0.2, 0.25) is 0 Å². The lowest BCUT2D eigenvalue weighted by Gasteiger charge is -2.06. The van der Waals surface area contributed by atoms with Crippen LogP contribution in [0.1, 0.15) is 20.3 Å². The molecule has 4 heteroatoms. The summed E-state index contributed by atoms with van der Waals surface area (Å²) in [6, 6.07) is 7.92. The van der Waals surface area contributed by atoms with Gasteiger partial charge in [0, 0.05) is 5.92 Å². The molecule has 1 aromatic carbocycles. The van der Waals surface area contributed by atoms with E-state index >= 15 is 0 Å². The Bertz CT molecular complexity index is 756. The average molecular weight is 264 g/mol. The van der Waals surface area contributed by atoms with Crippen molar-refractivity contribution < 1.29 is 0 Å². The lowest BCUT2D eigenvalue weighted by molar-refractivity contribution is 0.760. The highest BCUT2D eigenvalue weighted by atomic mass is 15.4. The summed E-state index contributed by atoms with van der Waals surface area (Å²) in [6.07, 6.45) is 6.74. The predicted octanol–water partition coefficient (Wildman–Crippen LogP) is 3.44. The SMILES string of the molecule is CC(C)C1=C=CC/C=C(/n2nnc3ccccc32)C=N1. The van der Waals surface area contributed by atoms with Crippen molar-refractivity contribution in [2.24, 2.45) is 10.9 Å². The minimum absolute atomic E-state index is 0.356. The van der Waals surface area contributed by atoms with Crippen LogP contribution < -0.4 is 0 Å². The van der Waals surface area contributed by atoms with E-state index in [4.69, 9.17) is 0 Å². The number of hydrogen-bond acceptors (Lipinski definition) is 3. The number of fused-ring (bicyclic) bond motifs is 1. The van der Waals surface area contributed by atoms with Crippen LogP contribution in [0.15, 0.2) is 52.8 Å². The van der Waals surface area contributed by atoms with Gasteiger partial charge in [0.25, 0.3) is 0 Å². The third-order valence-electron chi connectivity index (χ3n) is 3.17. The van der Waals surface area contributed by atoms with Crippen LogP contribution in [0, 0.1) is 5.92 Å². The van der Waals surface area contributed by atoms with Gasteiger partial charge in [0.1, 0.15) is 5.52 Å². The van der Waals surface area contributed by atoms with Gasteiger partial charge in [0.15, 0.2) is 0 Å². The first kappa shape index (κ1) is 12.6. The Morgan fingerprint density at radius 2 is 2.10 bits per heavy atom. The number of rotatable bonds is 2. The number of aliphatic imine (C=N–C) groups is 1. The molecule has 20 heavy (non-hydrogen) atoms. The van der Waals surface area contributed by atoms with Crippen molar-refractivity contribution >= 4 is 22.9 Å². The summed E-state index contributed by atoms with van der Waals surface area (Å²) in [6.45, 7) is 4.23. The number of benzene rings is 1. The fourth-order valence-electron chi connectivity index (χ4n) is 2.09. The minimum atomic E-state index is 0.356. The first-order chi connectivity index (χ1) is 9.75. The van der Waals surface area contributed by atoms with Crippen molar-refractivity contribution in [3.63, 3.8) is 0 Å². The van der Waals surface area contributed by atoms with E-state index in [9.17, 15) is 0 Å². The summed E-state index contributed by atoms with van der Waals surface area (Å²) in [5.41, 5.74) is 7.00. The van der Waals surface area contributed by atoms with E-state index in [2.05, 4.69) is 41.0 Å². The first-order valence-corrected chi connectivity index (χ1v) is 6.76. The van der Waals surface area contributed by atoms with E-state index in [1.807, 2.05) is 41.2 Å². The quantitative estimate of drug-likeness (QED) is 0.780. The Labute approximate surface area is 117 Å². The van der Waals surface area contributed by atoms with Crippen LogP contribution in [0.25, 0.3) is 16.7 Å². The molecule has 1 aromatic heterocycles. The topological polar surface area (TPSA) is 43.1 Å². The fourth-order valence-corrected chi connectivity index (χ4v) is 2.09. The minimum Gasteiger partial charge on any atom is -0.250 e. The Morgan fingerprint density at radius 1 is 1.25 bits per heavy atom. The summed E-state index contributed by atoms with van der Waals surface area (Å²) >= 11 is 0. The molecular formula is C16H16N4. The Morgan fingerprint density at radius 3 is 2.95 bits per heavy atom. The molecule has 2 heterocycles. The molecule has 0 saturated heterocycles. The maximum absolute atomic E-state index is 4.52. The molecule has 3 rings (SSSR count). The van der Waals surface area contributed by atoms with Gasteiger partial charge in [0.2, 0.25) is 0 Å². The molecule has 0 radical (unpaired) electrons. The molecule has 0 saturated carbocycles. The fraction of sp³-hybridized carbons (Fsp3) is 0.250. The molecular weight excluding hydrogens is 248 g/mol. The number of nitrogens with zero attached hydrogens (tertiary/aromatic N) is 4. The normalized spacial score (nSPS) is 17.8. The highest BCUT2D eigenvalue weighted by Crippen LogP contribution is 2.17. The van der Waals surface area contributed by atoms with E-state index in [1.54, 1.807) is 0 Å². The van der Waals surface area contributed by atoms with Gasteiger partial charge < -0.3 is 0 Å². The summed E-state index contributed by atoms with van der Waals surface area (Å²) in [5, 5.41) is 8.40. The van der Waals surface area contributed by atoms with Gasteiger partial charge in [-0.2, -0.15) is 0 Å². The van der Waals surface area contributed by atoms with Crippen LogP contribution in [-0.4, -0.2) is 21.2 Å². The van der Waals surface area contributed by atoms with Crippen molar-refractivity contribution in [3.8, 4) is 0 Å². The van der Waals surface area contributed by atoms with Gasteiger partial charge in [-0.25, -0.2) is 4.68 Å². The summed E-state index contributed by atoms with van der Waals surface area (Å²) in [7, 11) is 0. The second-order valence-electron chi connectivity index (χ2n) is 5.00. The zero-order chi connectivity index (χ0) is 13.9. The zero-order valence-electron chi connectivity index (χ0n) is 11.6. The van der Waals surface area contributed by atoms with Crippen molar-refractivity contribution in [1.82, 2.24) is 15.0 Å². The lowest BCUT2D eigenvalue weighted by atomic mass is 10.1. The number of para-hydroxylation sites is 1. The monoisotopic (exact) mass is 264 g/mol. The molecule has 100 valence electrons. The van der Waals surface area contributed by atoms with E-state index in [-0.39, 0.29) is 0 Å². The molecule has 4 nitrogen and oxygen atoms in total. The highest BCUT2D eigenvalue weighted by molar-refractivity contribution is 6.04. The Kier molecular flexibility index (Phi) is 3.32. The van der Waals surface area contributed by atoms with Crippen molar-refractivity contribution in [2.45, 2.75) is 20.3 Å². The third-order valence-corrected chi connectivity index (χ3v) is 3.17. The highest BCUT2D eigenvalue weighted by Gasteiger charge is 2.08. The summed E-state index contributed by atoms with van der Waals surface area (Å²) < 4.78 is 1.83. The second-order valence-corrected chi connectivity index (χ2v) is 5.00. The van der Waals surface area contributed by atoms with Gasteiger partial charge in [-0.3, -0.25) is 4.99 Å². The maximum Gasteiger partial charge on any atom is 0.113 e. The molecule has 0 N–H and O–H groups in total. The van der Waals surface area contributed by atoms with Crippen molar-refractivity contribution in [2.75, 3.05) is 0 Å². The van der Waals surface area contributed by atoms with E-state index < -0.39 is 0 Å². The smallest absolute Gasteiger partial charge is 0.113 e. The molecule has 0 amide bonds. The zero-order valence-corrected chi connectivity index (χ0v) is 11.6. The van der Waals surface area contributed by atoms with Gasteiger partial charge in [-0.1, -0.05) is 37.3 Å². The number of aromatic nitrogens is 3. The largest absolute Gasteiger partial charge is 0.250 e. The Hall–Kier alpha value is -2.45. The molecule has 0 aliphatic carbocycles. The predicted molar refractivity (Wildman–Crippen MR) is 81.3 cm³/mol. The molecule has 0 unspecified atom stereocenters. The van der Waals surface area contributed by atoms with Gasteiger partial charge in [-0.15, -0.1) is 10.8 Å². The van der Waals surface area contributed by atoms with Crippen LogP contribution in [0.5, 0.6) is 0 Å². The van der Waals surface area contributed by atoms with Gasteiger partial charge >= 0.3 is 0 Å². The second kappa shape index (κ2) is 5.27. The van der Waals surface area contributed by atoms with E-state index in [0.717, 1.165) is 28.8 Å². The molecule has 1 aliphatic rings. The summed E-state index contributed by atoms with van der Waals surface area (Å²) in [4.78, 5) is 4.52. The molecule has 0 fully saturated rings. The first-order valence-electron chi connectivity index (χ1n) is 6.76. The van der Waals surface area contributed by atoms with Gasteiger partial charge in [-0.05, 0) is 24.6 Å². The van der Waals surface area contributed by atoms with Gasteiger partial charge in [0.05, 0.1) is 23.1 Å². The summed E-state index contributed by atoms with van der Waals surface area (Å²) in [5.74, 6) is 0.356. The number of hydrogen-bond donors (Lipinski definition) is 0. The molecule has 1 aliphatic heterocycles. The number of allylic oxidation sites excluding steroid dienone is 3. The lowest BCUT2D eigenvalue weighted by Crippen LogP contribution is -2.02. The third kappa shape index (κ3) is 2.33. The maximum atomic E-state index is 4.52. The average Bonchev–Trinajstić information content (AvgIpc) is 2.82. The van der Waals surface area contributed by atoms with Crippen LogP contribution in [0.3, 0.4) is 0 Å². The molecule has 0 atom stereocenters. The molecule has 2 aromatic rings. The van der Waals surface area contributed by atoms with E-state index in [0.29, 0.717) is 5.92 Å². The standard InChI is InChI=1S/C16H16N4/c1-12(2)14-8-4-3-7-13(11-17-14)20-16-10-6-5-9-15(16)18-19-20/h4-7,9-12H,3H2,1-2H3/b13-7+,17-11?. The van der Waals surface area contributed by atoms with Crippen molar-refractivity contribution in [3.05, 3.63) is 47.8 Å². The van der Waals surface area contributed by atoms with Crippen LogP contribution in [-0.2, 0) is 0 Å². The van der Waals surface area contributed by atoms with Crippen LogP contribution >= 0.6 is 0 Å². The Balaban J connectivity index is 2.03. The molecule has 0 spiro atoms. The van der Waals surface area contributed by atoms with Crippen LogP contribution in [0.4, 0.5) is 0 Å². The van der Waals surface area contributed by atoms with Crippen molar-refractivity contribution in [1.29, 1.82) is 0 Å².